The molecule has 1 saturated heterocycles. The number of hydrogen-bond donors (Lipinski definition) is 1. The Morgan fingerprint density at radius 1 is 1.36 bits per heavy atom. The zero-order valence-electron chi connectivity index (χ0n) is 13.6. The van der Waals surface area contributed by atoms with Crippen LogP contribution in [0.3, 0.4) is 0 Å². The van der Waals surface area contributed by atoms with Crippen molar-refractivity contribution in [3.05, 3.63) is 35.1 Å². The Hall–Kier alpha value is -1.68. The van der Waals surface area contributed by atoms with Crippen LogP contribution in [0.5, 0.6) is 0 Å². The Balaban J connectivity index is 2.16. The maximum Gasteiger partial charge on any atom is 0.416 e. The van der Waals surface area contributed by atoms with Crippen LogP contribution in [0, 0.1) is 5.82 Å². The van der Waals surface area contributed by atoms with Gasteiger partial charge in [-0.3, -0.25) is 4.79 Å². The van der Waals surface area contributed by atoms with Crippen molar-refractivity contribution in [2.45, 2.75) is 45.1 Å². The number of nitrogens with one attached hydrogen (secondary N) is 1. The van der Waals surface area contributed by atoms with Gasteiger partial charge >= 0.3 is 6.18 Å². The first-order valence-corrected chi connectivity index (χ1v) is 9.19. The number of sulfonamides is 1. The first kappa shape index (κ1) is 19.6. The summed E-state index contributed by atoms with van der Waals surface area (Å²) in [6.45, 7) is 2.76. The molecule has 0 spiro atoms. The summed E-state index contributed by atoms with van der Waals surface area (Å²) in [6, 6.07) is 0.781. The number of rotatable bonds is 4. The lowest BCUT2D eigenvalue weighted by Gasteiger charge is -2.26. The van der Waals surface area contributed by atoms with E-state index in [4.69, 9.17) is 0 Å². The van der Waals surface area contributed by atoms with E-state index in [1.54, 1.807) is 13.8 Å². The number of carbonyl (C=O) groups is 1. The van der Waals surface area contributed by atoms with E-state index in [0.29, 0.717) is 6.07 Å². The summed E-state index contributed by atoms with van der Waals surface area (Å²) in [5.41, 5.74) is -1.47. The molecule has 140 valence electrons. The van der Waals surface area contributed by atoms with Gasteiger partial charge in [0.1, 0.15) is 11.9 Å². The molecule has 1 aromatic rings. The maximum absolute atomic E-state index is 13.1. The molecule has 0 radical (unpaired) electrons. The highest BCUT2D eigenvalue weighted by atomic mass is 32.2. The van der Waals surface area contributed by atoms with Gasteiger partial charge in [0.25, 0.3) is 0 Å². The van der Waals surface area contributed by atoms with E-state index in [2.05, 4.69) is 5.32 Å². The molecule has 0 bridgehead atoms. The smallest absolute Gasteiger partial charge is 0.351 e. The van der Waals surface area contributed by atoms with E-state index in [-0.39, 0.29) is 17.7 Å². The molecule has 1 aliphatic heterocycles. The third-order valence-corrected chi connectivity index (χ3v) is 5.99. The Labute approximate surface area is 143 Å². The van der Waals surface area contributed by atoms with Crippen molar-refractivity contribution < 1.29 is 30.8 Å². The van der Waals surface area contributed by atoms with Crippen molar-refractivity contribution >= 4 is 15.9 Å². The standard InChI is InChI=1S/C15H18F4N2O3S/c1-9(2)21-13(5-6-25(21,23)24)14(22)20-8-10-3-4-11(16)7-12(10)15(17,18)19/h3-4,7,9,13H,5-6,8H2,1-2H3,(H,20,22). The summed E-state index contributed by atoms with van der Waals surface area (Å²) in [6.07, 6.45) is -4.69. The Bertz CT molecular complexity index is 763. The zero-order chi connectivity index (χ0) is 19.0. The van der Waals surface area contributed by atoms with Crippen LogP contribution in [0.4, 0.5) is 17.6 Å². The molecule has 1 unspecified atom stereocenters. The van der Waals surface area contributed by atoms with Gasteiger partial charge in [-0.2, -0.15) is 17.5 Å². The van der Waals surface area contributed by atoms with Gasteiger partial charge in [0.05, 0.1) is 11.3 Å². The number of hydrogen-bond acceptors (Lipinski definition) is 3. The highest BCUT2D eigenvalue weighted by Crippen LogP contribution is 2.32. The van der Waals surface area contributed by atoms with Crippen LogP contribution < -0.4 is 5.32 Å². The molecule has 0 saturated carbocycles. The summed E-state index contributed by atoms with van der Waals surface area (Å²) < 4.78 is 77.0. The van der Waals surface area contributed by atoms with Crippen molar-refractivity contribution in [3.63, 3.8) is 0 Å². The predicted octanol–water partition coefficient (Wildman–Crippen LogP) is 2.27. The minimum absolute atomic E-state index is 0.0713. The lowest BCUT2D eigenvalue weighted by molar-refractivity contribution is -0.138. The van der Waals surface area contributed by atoms with Crippen LogP contribution in [-0.4, -0.2) is 36.5 Å². The number of halogens is 4. The third kappa shape index (κ3) is 4.30. The van der Waals surface area contributed by atoms with E-state index < -0.39 is 52.1 Å². The predicted molar refractivity (Wildman–Crippen MR) is 82.4 cm³/mol. The lowest BCUT2D eigenvalue weighted by atomic mass is 10.1. The molecule has 1 fully saturated rings. The SMILES string of the molecule is CC(C)N1C(C(=O)NCc2ccc(F)cc2C(F)(F)F)CCS1(=O)=O. The molecule has 2 rings (SSSR count). The van der Waals surface area contributed by atoms with Gasteiger partial charge in [-0.1, -0.05) is 6.07 Å². The first-order chi connectivity index (χ1) is 11.4. The molecule has 10 heteroatoms. The van der Waals surface area contributed by atoms with Gasteiger partial charge in [0.15, 0.2) is 0 Å². The summed E-state index contributed by atoms with van der Waals surface area (Å²) in [4.78, 5) is 12.3. The monoisotopic (exact) mass is 382 g/mol. The van der Waals surface area contributed by atoms with Gasteiger partial charge in [-0.05, 0) is 38.0 Å². The summed E-state index contributed by atoms with van der Waals surface area (Å²) in [5.74, 6) is -1.89. The first-order valence-electron chi connectivity index (χ1n) is 7.58. The molecule has 1 heterocycles. The second-order valence-corrected chi connectivity index (χ2v) is 8.05. The van der Waals surface area contributed by atoms with E-state index >= 15 is 0 Å². The number of benzene rings is 1. The van der Waals surface area contributed by atoms with Crippen LogP contribution in [0.2, 0.25) is 0 Å². The Morgan fingerprint density at radius 3 is 2.56 bits per heavy atom. The van der Waals surface area contributed by atoms with E-state index in [9.17, 15) is 30.8 Å². The fraction of sp³-hybridized carbons (Fsp3) is 0.533. The average molecular weight is 382 g/mol. The molecule has 1 N–H and O–H groups in total. The second-order valence-electron chi connectivity index (χ2n) is 6.06. The van der Waals surface area contributed by atoms with E-state index in [0.717, 1.165) is 16.4 Å². The molecule has 1 amide bonds. The van der Waals surface area contributed by atoms with Crippen LogP contribution in [0.25, 0.3) is 0 Å². The molecular weight excluding hydrogens is 364 g/mol. The molecule has 0 aliphatic carbocycles. The van der Waals surface area contributed by atoms with Crippen molar-refractivity contribution in [1.82, 2.24) is 9.62 Å². The summed E-state index contributed by atoms with van der Waals surface area (Å²) in [7, 11) is -3.56. The van der Waals surface area contributed by atoms with Crippen molar-refractivity contribution in [1.29, 1.82) is 0 Å². The highest BCUT2D eigenvalue weighted by molar-refractivity contribution is 7.89. The molecule has 1 aliphatic rings. The van der Waals surface area contributed by atoms with Crippen LogP contribution in [0.1, 0.15) is 31.4 Å². The Morgan fingerprint density at radius 2 is 2.00 bits per heavy atom. The number of amides is 1. The van der Waals surface area contributed by atoms with Crippen molar-refractivity contribution in [2.75, 3.05) is 5.75 Å². The van der Waals surface area contributed by atoms with Crippen molar-refractivity contribution in [2.24, 2.45) is 0 Å². The Kier molecular flexibility index (Phi) is 5.43. The minimum atomic E-state index is -4.76. The number of carbonyl (C=O) groups excluding carboxylic acids is 1. The quantitative estimate of drug-likeness (QED) is 0.813. The highest BCUT2D eigenvalue weighted by Gasteiger charge is 2.43. The topological polar surface area (TPSA) is 66.5 Å². The second kappa shape index (κ2) is 6.91. The fourth-order valence-electron chi connectivity index (χ4n) is 2.88. The molecule has 5 nitrogen and oxygen atoms in total. The number of nitrogens with zero attached hydrogens (tertiary/aromatic N) is 1. The maximum atomic E-state index is 13.1. The normalized spacial score (nSPS) is 20.8. The van der Waals surface area contributed by atoms with E-state index in [1.165, 1.54) is 0 Å². The lowest BCUT2D eigenvalue weighted by Crippen LogP contribution is -2.47. The van der Waals surface area contributed by atoms with Crippen LogP contribution in [-0.2, 0) is 27.5 Å². The van der Waals surface area contributed by atoms with Crippen LogP contribution >= 0.6 is 0 Å². The number of alkyl halides is 3. The molecule has 25 heavy (non-hydrogen) atoms. The van der Waals surface area contributed by atoms with Crippen LogP contribution in [0.15, 0.2) is 18.2 Å². The average Bonchev–Trinajstić information content (AvgIpc) is 2.80. The van der Waals surface area contributed by atoms with Gasteiger partial charge < -0.3 is 5.32 Å². The minimum Gasteiger partial charge on any atom is -0.351 e. The largest absolute Gasteiger partial charge is 0.416 e. The zero-order valence-corrected chi connectivity index (χ0v) is 14.4. The summed E-state index contributed by atoms with van der Waals surface area (Å²) >= 11 is 0. The van der Waals surface area contributed by atoms with Crippen molar-refractivity contribution in [3.8, 4) is 0 Å². The fourth-order valence-corrected chi connectivity index (χ4v) is 4.84. The van der Waals surface area contributed by atoms with Gasteiger partial charge in [-0.15, -0.1) is 0 Å². The third-order valence-electron chi connectivity index (χ3n) is 3.92. The van der Waals surface area contributed by atoms with Gasteiger partial charge in [-0.25, -0.2) is 12.8 Å². The molecular formula is C15H18F4N2O3S. The molecule has 1 aromatic carbocycles. The van der Waals surface area contributed by atoms with Gasteiger partial charge in [0, 0.05) is 12.6 Å². The van der Waals surface area contributed by atoms with E-state index in [1.807, 2.05) is 0 Å². The summed E-state index contributed by atoms with van der Waals surface area (Å²) in [5, 5.41) is 2.33. The molecule has 0 aromatic heterocycles. The van der Waals surface area contributed by atoms with Gasteiger partial charge in [0.2, 0.25) is 15.9 Å². The molecule has 1 atom stereocenters.